The molecule has 1 aromatic heterocycles. The molecule has 0 aliphatic heterocycles. The Morgan fingerprint density at radius 2 is 2.00 bits per heavy atom. The zero-order valence-electron chi connectivity index (χ0n) is 8.77. The summed E-state index contributed by atoms with van der Waals surface area (Å²) in [6.45, 7) is 1.92. The molecular weight excluding hydrogens is 188 g/mol. The van der Waals surface area contributed by atoms with Crippen molar-refractivity contribution in [1.29, 1.82) is 0 Å². The van der Waals surface area contributed by atoms with Crippen LogP contribution in [0.5, 0.6) is 5.75 Å². The van der Waals surface area contributed by atoms with Crippen LogP contribution in [0.2, 0.25) is 0 Å². The third-order valence-electron chi connectivity index (χ3n) is 2.19. The van der Waals surface area contributed by atoms with Crippen LogP contribution in [0.15, 0.2) is 36.5 Å². The van der Waals surface area contributed by atoms with E-state index in [9.17, 15) is 0 Å². The lowest BCUT2D eigenvalue weighted by Crippen LogP contribution is -1.90. The first kappa shape index (κ1) is 9.65. The van der Waals surface area contributed by atoms with E-state index in [0.29, 0.717) is 0 Å². The van der Waals surface area contributed by atoms with Gasteiger partial charge in [-0.3, -0.25) is 0 Å². The maximum absolute atomic E-state index is 5.29. The molecule has 0 radical (unpaired) electrons. The van der Waals surface area contributed by atoms with Crippen molar-refractivity contribution in [3.63, 3.8) is 0 Å². The lowest BCUT2D eigenvalue weighted by atomic mass is 10.1. The molecule has 0 N–H and O–H groups in total. The number of methoxy groups -OCH3 is 1. The quantitative estimate of drug-likeness (QED) is 0.747. The van der Waals surface area contributed by atoms with E-state index in [-0.39, 0.29) is 0 Å². The highest BCUT2D eigenvalue weighted by Gasteiger charge is 2.04. The van der Waals surface area contributed by atoms with Crippen LogP contribution in [0.4, 0.5) is 0 Å². The Morgan fingerprint density at radius 3 is 2.73 bits per heavy atom. The van der Waals surface area contributed by atoms with Crippen LogP contribution in [0.3, 0.4) is 0 Å². The second kappa shape index (κ2) is 4.09. The Morgan fingerprint density at radius 1 is 1.20 bits per heavy atom. The van der Waals surface area contributed by atoms with Crippen LogP contribution in [0.25, 0.3) is 11.1 Å². The number of rotatable bonds is 2. The van der Waals surface area contributed by atoms with Gasteiger partial charge in [-0.15, -0.1) is 0 Å². The van der Waals surface area contributed by atoms with E-state index in [0.717, 1.165) is 22.6 Å². The minimum atomic E-state index is 0.852. The fourth-order valence-corrected chi connectivity index (χ4v) is 1.50. The third-order valence-corrected chi connectivity index (χ3v) is 2.19. The summed E-state index contributed by atoms with van der Waals surface area (Å²) in [6.07, 6.45) is 1.74. The molecule has 0 amide bonds. The predicted octanol–water partition coefficient (Wildman–Crippen LogP) is 2.46. The van der Waals surface area contributed by atoms with Crippen LogP contribution < -0.4 is 4.74 Å². The summed E-state index contributed by atoms with van der Waals surface area (Å²) in [7, 11) is 1.67. The monoisotopic (exact) mass is 200 g/mol. The molecule has 0 saturated heterocycles. The van der Waals surface area contributed by atoms with E-state index in [2.05, 4.69) is 10.2 Å². The lowest BCUT2D eigenvalue weighted by Gasteiger charge is -2.07. The van der Waals surface area contributed by atoms with Gasteiger partial charge in [0.1, 0.15) is 5.75 Å². The Labute approximate surface area is 88.7 Å². The summed E-state index contributed by atoms with van der Waals surface area (Å²) < 4.78 is 5.29. The average Bonchev–Trinajstić information content (AvgIpc) is 2.29. The van der Waals surface area contributed by atoms with Crippen molar-refractivity contribution in [3.05, 3.63) is 42.2 Å². The van der Waals surface area contributed by atoms with Crippen LogP contribution in [0.1, 0.15) is 5.69 Å². The Kier molecular flexibility index (Phi) is 2.63. The van der Waals surface area contributed by atoms with Gasteiger partial charge in [0.15, 0.2) is 0 Å². The zero-order valence-corrected chi connectivity index (χ0v) is 8.77. The second-order valence-corrected chi connectivity index (χ2v) is 3.29. The van der Waals surface area contributed by atoms with Crippen LogP contribution in [0, 0.1) is 6.92 Å². The van der Waals surface area contributed by atoms with Gasteiger partial charge >= 0.3 is 0 Å². The first-order chi connectivity index (χ1) is 7.31. The number of benzene rings is 1. The van der Waals surface area contributed by atoms with Gasteiger partial charge in [-0.1, -0.05) is 18.2 Å². The molecule has 0 aliphatic rings. The minimum Gasteiger partial charge on any atom is -0.496 e. The highest BCUT2D eigenvalue weighted by Crippen LogP contribution is 2.28. The van der Waals surface area contributed by atoms with Crippen LogP contribution in [-0.4, -0.2) is 17.3 Å². The van der Waals surface area contributed by atoms with Gasteiger partial charge in [-0.2, -0.15) is 10.2 Å². The van der Waals surface area contributed by atoms with Gasteiger partial charge in [-0.05, 0) is 19.1 Å². The molecule has 2 aromatic rings. The normalized spacial score (nSPS) is 10.0. The standard InChI is InChI=1S/C12H12N2O/c1-9-7-10(8-13-14-9)11-5-3-4-6-12(11)15-2/h3-8H,1-2H3. The molecule has 0 spiro atoms. The van der Waals surface area contributed by atoms with E-state index in [1.807, 2.05) is 37.3 Å². The molecule has 2 rings (SSSR count). The Balaban J connectivity index is 2.53. The summed E-state index contributed by atoms with van der Waals surface area (Å²) in [5.74, 6) is 0.852. The topological polar surface area (TPSA) is 35.0 Å². The molecule has 1 aromatic carbocycles. The predicted molar refractivity (Wildman–Crippen MR) is 58.8 cm³/mol. The van der Waals surface area contributed by atoms with Crippen molar-refractivity contribution in [2.45, 2.75) is 6.92 Å². The fourth-order valence-electron chi connectivity index (χ4n) is 1.50. The van der Waals surface area contributed by atoms with Gasteiger partial charge in [0.05, 0.1) is 19.0 Å². The summed E-state index contributed by atoms with van der Waals surface area (Å²) in [6, 6.07) is 9.86. The van der Waals surface area contributed by atoms with Crippen LogP contribution in [-0.2, 0) is 0 Å². The first-order valence-electron chi connectivity index (χ1n) is 4.74. The maximum Gasteiger partial charge on any atom is 0.126 e. The number of para-hydroxylation sites is 1. The van der Waals surface area contributed by atoms with Crippen molar-refractivity contribution in [2.24, 2.45) is 0 Å². The van der Waals surface area contributed by atoms with Crippen molar-refractivity contribution in [3.8, 4) is 16.9 Å². The second-order valence-electron chi connectivity index (χ2n) is 3.29. The highest BCUT2D eigenvalue weighted by atomic mass is 16.5. The van der Waals surface area contributed by atoms with E-state index in [1.54, 1.807) is 13.3 Å². The molecule has 0 atom stereocenters. The number of ether oxygens (including phenoxy) is 1. The molecule has 0 unspecified atom stereocenters. The van der Waals surface area contributed by atoms with E-state index >= 15 is 0 Å². The van der Waals surface area contributed by atoms with Gasteiger partial charge in [0.25, 0.3) is 0 Å². The number of nitrogens with zero attached hydrogens (tertiary/aromatic N) is 2. The van der Waals surface area contributed by atoms with Crippen molar-refractivity contribution < 1.29 is 4.74 Å². The molecule has 0 fully saturated rings. The van der Waals surface area contributed by atoms with E-state index in [4.69, 9.17) is 4.74 Å². The molecule has 0 saturated carbocycles. The van der Waals surface area contributed by atoms with E-state index < -0.39 is 0 Å². The third kappa shape index (κ3) is 1.96. The molecule has 0 bridgehead atoms. The molecule has 0 aliphatic carbocycles. The summed E-state index contributed by atoms with van der Waals surface area (Å²) in [5, 5.41) is 7.86. The van der Waals surface area contributed by atoms with Crippen molar-refractivity contribution in [1.82, 2.24) is 10.2 Å². The van der Waals surface area contributed by atoms with Crippen molar-refractivity contribution in [2.75, 3.05) is 7.11 Å². The van der Waals surface area contributed by atoms with Gasteiger partial charge in [-0.25, -0.2) is 0 Å². The van der Waals surface area contributed by atoms with E-state index in [1.165, 1.54) is 0 Å². The SMILES string of the molecule is COc1ccccc1-c1cnnc(C)c1. The summed E-state index contributed by atoms with van der Waals surface area (Å²) >= 11 is 0. The van der Waals surface area contributed by atoms with Gasteiger partial charge in [0, 0.05) is 11.1 Å². The lowest BCUT2D eigenvalue weighted by molar-refractivity contribution is 0.416. The highest BCUT2D eigenvalue weighted by molar-refractivity contribution is 5.69. The molecular formula is C12H12N2O. The maximum atomic E-state index is 5.29. The first-order valence-corrected chi connectivity index (χ1v) is 4.74. The average molecular weight is 200 g/mol. The Bertz CT molecular complexity index is 469. The van der Waals surface area contributed by atoms with Crippen LogP contribution >= 0.6 is 0 Å². The summed E-state index contributed by atoms with van der Waals surface area (Å²) in [5.41, 5.74) is 2.97. The number of aryl methyl sites for hydroxylation is 1. The van der Waals surface area contributed by atoms with Gasteiger partial charge in [0.2, 0.25) is 0 Å². The smallest absolute Gasteiger partial charge is 0.126 e. The number of hydrogen-bond donors (Lipinski definition) is 0. The number of hydrogen-bond acceptors (Lipinski definition) is 3. The largest absolute Gasteiger partial charge is 0.496 e. The zero-order chi connectivity index (χ0) is 10.7. The van der Waals surface area contributed by atoms with Crippen molar-refractivity contribution >= 4 is 0 Å². The molecule has 3 nitrogen and oxygen atoms in total. The number of aromatic nitrogens is 2. The minimum absolute atomic E-state index is 0.852. The fraction of sp³-hybridized carbons (Fsp3) is 0.167. The Hall–Kier alpha value is -1.90. The molecule has 3 heteroatoms. The summed E-state index contributed by atoms with van der Waals surface area (Å²) in [4.78, 5) is 0. The molecule has 15 heavy (non-hydrogen) atoms. The molecule has 1 heterocycles. The van der Waals surface area contributed by atoms with Gasteiger partial charge < -0.3 is 4.74 Å². The molecule has 76 valence electrons.